The van der Waals surface area contributed by atoms with E-state index in [0.29, 0.717) is 27.5 Å². The summed E-state index contributed by atoms with van der Waals surface area (Å²) in [7, 11) is 0. The number of halogens is 1. The molecular weight excluding hydrogens is 402 g/mol. The minimum atomic E-state index is -0.584. The molecular formula is C24H16ClNO4. The van der Waals surface area contributed by atoms with Crippen LogP contribution in [0.25, 0.3) is 6.08 Å². The predicted octanol–water partition coefficient (Wildman–Crippen LogP) is 5.21. The number of benzene rings is 3. The van der Waals surface area contributed by atoms with E-state index < -0.39 is 11.9 Å². The Morgan fingerprint density at radius 1 is 1.03 bits per heavy atom. The van der Waals surface area contributed by atoms with Crippen molar-refractivity contribution in [2.75, 3.05) is 0 Å². The van der Waals surface area contributed by atoms with Crippen LogP contribution in [0.4, 0.5) is 0 Å². The molecule has 3 aromatic carbocycles. The second-order valence-electron chi connectivity index (χ2n) is 6.64. The Morgan fingerprint density at radius 3 is 2.57 bits per heavy atom. The van der Waals surface area contributed by atoms with Crippen molar-refractivity contribution in [3.8, 4) is 5.75 Å². The number of ether oxygens (including phenoxy) is 2. The smallest absolute Gasteiger partial charge is 0.363 e. The maximum Gasteiger partial charge on any atom is 0.363 e. The van der Waals surface area contributed by atoms with E-state index in [1.807, 2.05) is 13.0 Å². The Labute approximate surface area is 178 Å². The van der Waals surface area contributed by atoms with Gasteiger partial charge in [0.05, 0.1) is 5.56 Å². The highest BCUT2D eigenvalue weighted by molar-refractivity contribution is 6.30. The number of hydrogen-bond donors (Lipinski definition) is 0. The molecule has 4 rings (SSSR count). The Morgan fingerprint density at radius 2 is 1.80 bits per heavy atom. The van der Waals surface area contributed by atoms with E-state index in [9.17, 15) is 9.59 Å². The van der Waals surface area contributed by atoms with Gasteiger partial charge < -0.3 is 9.47 Å². The van der Waals surface area contributed by atoms with Crippen molar-refractivity contribution >= 4 is 35.5 Å². The summed E-state index contributed by atoms with van der Waals surface area (Å²) in [6, 6.07) is 20.9. The predicted molar refractivity (Wildman–Crippen MR) is 115 cm³/mol. The molecule has 1 aliphatic rings. The molecule has 0 bridgehead atoms. The van der Waals surface area contributed by atoms with Gasteiger partial charge in [-0.25, -0.2) is 14.6 Å². The van der Waals surface area contributed by atoms with Gasteiger partial charge in [0.25, 0.3) is 0 Å². The second-order valence-corrected chi connectivity index (χ2v) is 7.08. The first kappa shape index (κ1) is 19.6. The van der Waals surface area contributed by atoms with E-state index in [4.69, 9.17) is 21.1 Å². The number of carbonyl (C=O) groups is 2. The fourth-order valence-corrected chi connectivity index (χ4v) is 3.02. The van der Waals surface area contributed by atoms with Gasteiger partial charge in [-0.15, -0.1) is 0 Å². The summed E-state index contributed by atoms with van der Waals surface area (Å²) in [5.74, 6) is -0.555. The third kappa shape index (κ3) is 4.31. The number of hydrogen-bond acceptors (Lipinski definition) is 5. The number of nitrogens with zero attached hydrogens (tertiary/aromatic N) is 1. The van der Waals surface area contributed by atoms with Crippen LogP contribution in [0.15, 0.2) is 83.5 Å². The first-order valence-corrected chi connectivity index (χ1v) is 9.54. The lowest BCUT2D eigenvalue weighted by atomic mass is 10.1. The SMILES string of the molecule is Cc1cccc(C(=O)Oc2ccccc2/C=C2/N=C(c3ccc(Cl)cc3)OC2=O)c1. The van der Waals surface area contributed by atoms with Crippen LogP contribution in [0, 0.1) is 6.92 Å². The quantitative estimate of drug-likeness (QED) is 0.332. The van der Waals surface area contributed by atoms with Gasteiger partial charge in [-0.3, -0.25) is 0 Å². The molecule has 0 saturated carbocycles. The van der Waals surface area contributed by atoms with Crippen LogP contribution in [0.2, 0.25) is 5.02 Å². The van der Waals surface area contributed by atoms with Crippen molar-refractivity contribution in [1.82, 2.24) is 0 Å². The molecule has 0 amide bonds. The Kier molecular flexibility index (Phi) is 5.46. The molecule has 0 unspecified atom stereocenters. The molecule has 0 aromatic heterocycles. The van der Waals surface area contributed by atoms with E-state index in [0.717, 1.165) is 5.56 Å². The minimum absolute atomic E-state index is 0.110. The molecule has 0 spiro atoms. The lowest BCUT2D eigenvalue weighted by Crippen LogP contribution is -2.09. The van der Waals surface area contributed by atoms with E-state index in [-0.39, 0.29) is 11.6 Å². The Bertz CT molecular complexity index is 1200. The second kappa shape index (κ2) is 8.35. The maximum atomic E-state index is 12.5. The topological polar surface area (TPSA) is 65.0 Å². The molecule has 0 fully saturated rings. The van der Waals surface area contributed by atoms with Crippen LogP contribution in [0.5, 0.6) is 5.75 Å². The fourth-order valence-electron chi connectivity index (χ4n) is 2.90. The first-order chi connectivity index (χ1) is 14.5. The number of cyclic esters (lactones) is 1. The highest BCUT2D eigenvalue weighted by Crippen LogP contribution is 2.26. The molecule has 6 heteroatoms. The average molecular weight is 418 g/mol. The molecule has 0 radical (unpaired) electrons. The largest absolute Gasteiger partial charge is 0.422 e. The third-order valence-electron chi connectivity index (χ3n) is 4.38. The van der Waals surface area contributed by atoms with E-state index >= 15 is 0 Å². The van der Waals surface area contributed by atoms with Gasteiger partial charge in [-0.2, -0.15) is 0 Å². The monoisotopic (exact) mass is 417 g/mol. The zero-order valence-electron chi connectivity index (χ0n) is 16.0. The molecule has 0 aliphatic carbocycles. The number of esters is 2. The summed E-state index contributed by atoms with van der Waals surface area (Å²) in [6.07, 6.45) is 1.53. The fraction of sp³-hybridized carbons (Fsp3) is 0.0417. The zero-order valence-corrected chi connectivity index (χ0v) is 16.7. The van der Waals surface area contributed by atoms with Gasteiger partial charge in [0.1, 0.15) is 5.75 Å². The van der Waals surface area contributed by atoms with E-state index in [1.165, 1.54) is 6.08 Å². The zero-order chi connectivity index (χ0) is 21.1. The van der Waals surface area contributed by atoms with Crippen molar-refractivity contribution < 1.29 is 19.1 Å². The van der Waals surface area contributed by atoms with Crippen molar-refractivity contribution in [3.05, 3.63) is 106 Å². The van der Waals surface area contributed by atoms with Crippen molar-refractivity contribution in [1.29, 1.82) is 0 Å². The van der Waals surface area contributed by atoms with Gasteiger partial charge in [0, 0.05) is 16.1 Å². The summed E-state index contributed by atoms with van der Waals surface area (Å²) in [4.78, 5) is 29.1. The van der Waals surface area contributed by atoms with Gasteiger partial charge in [-0.1, -0.05) is 47.5 Å². The van der Waals surface area contributed by atoms with Gasteiger partial charge in [-0.05, 0) is 55.5 Å². The molecule has 5 nitrogen and oxygen atoms in total. The van der Waals surface area contributed by atoms with Crippen molar-refractivity contribution in [2.24, 2.45) is 4.99 Å². The molecule has 3 aromatic rings. The summed E-state index contributed by atoms with van der Waals surface area (Å²) in [5.41, 5.74) is 2.68. The lowest BCUT2D eigenvalue weighted by Gasteiger charge is -2.08. The van der Waals surface area contributed by atoms with Crippen molar-refractivity contribution in [3.63, 3.8) is 0 Å². The molecule has 0 atom stereocenters. The van der Waals surface area contributed by atoms with Crippen LogP contribution in [-0.2, 0) is 9.53 Å². The number of para-hydroxylation sites is 1. The van der Waals surface area contributed by atoms with Crippen LogP contribution >= 0.6 is 11.6 Å². The summed E-state index contributed by atoms with van der Waals surface area (Å²) < 4.78 is 10.8. The van der Waals surface area contributed by atoms with Gasteiger partial charge in [0.15, 0.2) is 5.70 Å². The molecule has 0 N–H and O–H groups in total. The first-order valence-electron chi connectivity index (χ1n) is 9.16. The molecule has 1 aliphatic heterocycles. The van der Waals surface area contributed by atoms with E-state index in [1.54, 1.807) is 66.7 Å². The maximum absolute atomic E-state index is 12.5. The highest BCUT2D eigenvalue weighted by Gasteiger charge is 2.24. The number of aryl methyl sites for hydroxylation is 1. The normalized spacial score (nSPS) is 14.4. The number of carbonyl (C=O) groups excluding carboxylic acids is 2. The van der Waals surface area contributed by atoms with Crippen LogP contribution < -0.4 is 4.74 Å². The summed E-state index contributed by atoms with van der Waals surface area (Å²) in [5, 5.41) is 0.573. The van der Waals surface area contributed by atoms with Gasteiger partial charge in [0.2, 0.25) is 5.90 Å². The van der Waals surface area contributed by atoms with Crippen LogP contribution in [0.1, 0.15) is 27.0 Å². The standard InChI is InChI=1S/C24H16ClNO4/c1-15-5-4-7-18(13-15)23(27)29-21-8-3-2-6-17(21)14-20-24(28)30-22(26-20)16-9-11-19(25)12-10-16/h2-14H,1H3/b20-14+. The number of aliphatic imine (C=N–C) groups is 1. The Balaban J connectivity index is 1.62. The van der Waals surface area contributed by atoms with Crippen molar-refractivity contribution in [2.45, 2.75) is 6.92 Å². The molecule has 30 heavy (non-hydrogen) atoms. The number of rotatable bonds is 4. The highest BCUT2D eigenvalue weighted by atomic mass is 35.5. The van der Waals surface area contributed by atoms with Crippen LogP contribution in [-0.4, -0.2) is 17.8 Å². The average Bonchev–Trinajstić information content (AvgIpc) is 3.10. The van der Waals surface area contributed by atoms with Crippen LogP contribution in [0.3, 0.4) is 0 Å². The summed E-state index contributed by atoms with van der Waals surface area (Å²) in [6.45, 7) is 1.90. The lowest BCUT2D eigenvalue weighted by molar-refractivity contribution is -0.129. The third-order valence-corrected chi connectivity index (χ3v) is 4.63. The van der Waals surface area contributed by atoms with Gasteiger partial charge >= 0.3 is 11.9 Å². The molecule has 1 heterocycles. The van der Waals surface area contributed by atoms with E-state index in [2.05, 4.69) is 4.99 Å². The Hall–Kier alpha value is -3.70. The molecule has 0 saturated heterocycles. The summed E-state index contributed by atoms with van der Waals surface area (Å²) >= 11 is 5.89. The molecule has 148 valence electrons. The minimum Gasteiger partial charge on any atom is -0.422 e.